The molecule has 0 bridgehead atoms. The lowest BCUT2D eigenvalue weighted by Gasteiger charge is -2.15. The Labute approximate surface area is 128 Å². The lowest BCUT2D eigenvalue weighted by molar-refractivity contribution is 0.121. The zero-order chi connectivity index (χ0) is 15.9. The normalized spacial score (nSPS) is 10.6. The van der Waals surface area contributed by atoms with Crippen LogP contribution in [0.5, 0.6) is 0 Å². The van der Waals surface area contributed by atoms with E-state index < -0.39 is 12.1 Å². The van der Waals surface area contributed by atoms with Gasteiger partial charge in [-0.25, -0.2) is 14.5 Å². The number of rotatable bonds is 10. The third-order valence-electron chi connectivity index (χ3n) is 3.07. The summed E-state index contributed by atoms with van der Waals surface area (Å²) < 4.78 is 4.75. The molecule has 0 heterocycles. The molecule has 3 amide bonds. The van der Waals surface area contributed by atoms with Crippen LogP contribution in [0.3, 0.4) is 0 Å². The maximum atomic E-state index is 11.6. The highest BCUT2D eigenvalue weighted by atomic mass is 16.6. The van der Waals surface area contributed by atoms with Crippen LogP contribution in [0.2, 0.25) is 0 Å². The minimum atomic E-state index is -0.616. The summed E-state index contributed by atoms with van der Waals surface area (Å²) in [5, 5.41) is 2.72. The molecule has 5 nitrogen and oxygen atoms in total. The summed E-state index contributed by atoms with van der Waals surface area (Å²) in [6, 6.07) is -0.404. The van der Waals surface area contributed by atoms with Crippen LogP contribution in [-0.4, -0.2) is 37.2 Å². The van der Waals surface area contributed by atoms with E-state index in [1.807, 2.05) is 0 Å². The molecule has 0 aromatic heterocycles. The van der Waals surface area contributed by atoms with Gasteiger partial charge in [0.2, 0.25) is 0 Å². The first-order chi connectivity index (χ1) is 10.1. The quantitative estimate of drug-likeness (QED) is 0.488. The van der Waals surface area contributed by atoms with Gasteiger partial charge in [0, 0.05) is 13.6 Å². The molecule has 1 N–H and O–H groups in total. The molecule has 21 heavy (non-hydrogen) atoms. The van der Waals surface area contributed by atoms with Gasteiger partial charge in [0.05, 0.1) is 6.61 Å². The van der Waals surface area contributed by atoms with Crippen LogP contribution in [0.25, 0.3) is 0 Å². The molecule has 0 rings (SSSR count). The number of unbranched alkanes of at least 4 members (excludes halogenated alkanes) is 5. The Morgan fingerprint density at radius 1 is 1.05 bits per heavy atom. The maximum absolute atomic E-state index is 11.6. The van der Waals surface area contributed by atoms with Gasteiger partial charge in [0.1, 0.15) is 0 Å². The van der Waals surface area contributed by atoms with E-state index in [9.17, 15) is 9.59 Å². The second-order valence-electron chi connectivity index (χ2n) is 4.93. The first kappa shape index (κ1) is 19.5. The fraction of sp³-hybridized carbons (Fsp3) is 0.750. The third kappa shape index (κ3) is 10.9. The number of imide groups is 1. The number of hydrogen-bond acceptors (Lipinski definition) is 3. The van der Waals surface area contributed by atoms with Crippen molar-refractivity contribution >= 4 is 12.1 Å². The van der Waals surface area contributed by atoms with Crippen LogP contribution in [0.1, 0.15) is 58.8 Å². The van der Waals surface area contributed by atoms with Crippen molar-refractivity contribution in [2.75, 3.05) is 20.2 Å². The summed E-state index contributed by atoms with van der Waals surface area (Å²) in [6.45, 7) is 4.72. The summed E-state index contributed by atoms with van der Waals surface area (Å²) >= 11 is 0. The van der Waals surface area contributed by atoms with Gasteiger partial charge in [-0.1, -0.05) is 38.3 Å². The number of allylic oxidation sites excluding steroid dienone is 2. The van der Waals surface area contributed by atoms with Gasteiger partial charge >= 0.3 is 12.1 Å². The Balaban J connectivity index is 3.48. The number of amides is 3. The number of nitrogens with one attached hydrogen (secondary N) is 1. The van der Waals surface area contributed by atoms with Crippen LogP contribution < -0.4 is 5.32 Å². The van der Waals surface area contributed by atoms with Crippen LogP contribution in [0.4, 0.5) is 9.59 Å². The topological polar surface area (TPSA) is 58.6 Å². The van der Waals surface area contributed by atoms with Crippen molar-refractivity contribution in [2.24, 2.45) is 0 Å². The zero-order valence-electron chi connectivity index (χ0n) is 13.7. The third-order valence-corrected chi connectivity index (χ3v) is 3.07. The summed E-state index contributed by atoms with van der Waals surface area (Å²) in [5.74, 6) is 0. The van der Waals surface area contributed by atoms with E-state index in [1.54, 1.807) is 6.92 Å². The van der Waals surface area contributed by atoms with Gasteiger partial charge in [-0.2, -0.15) is 0 Å². The molecule has 0 aliphatic rings. The van der Waals surface area contributed by atoms with E-state index in [4.69, 9.17) is 4.74 Å². The smallest absolute Gasteiger partial charge is 0.417 e. The van der Waals surface area contributed by atoms with E-state index >= 15 is 0 Å². The van der Waals surface area contributed by atoms with Crippen LogP contribution in [0, 0.1) is 0 Å². The summed E-state index contributed by atoms with van der Waals surface area (Å²) in [6.07, 6.45) is 11.8. The van der Waals surface area contributed by atoms with Crippen LogP contribution in [-0.2, 0) is 4.74 Å². The lowest BCUT2D eigenvalue weighted by Crippen LogP contribution is -2.41. The molecule has 0 aromatic carbocycles. The van der Waals surface area contributed by atoms with Gasteiger partial charge in [-0.05, 0) is 32.6 Å². The predicted octanol–water partition coefficient (Wildman–Crippen LogP) is 4.09. The molecule has 0 spiro atoms. The second-order valence-corrected chi connectivity index (χ2v) is 4.93. The number of carbonyl (C=O) groups excluding carboxylic acids is 2. The molecule has 0 aromatic rings. The van der Waals surface area contributed by atoms with Crippen molar-refractivity contribution in [3.63, 3.8) is 0 Å². The van der Waals surface area contributed by atoms with Crippen molar-refractivity contribution < 1.29 is 14.3 Å². The first-order valence-electron chi connectivity index (χ1n) is 7.96. The Morgan fingerprint density at radius 3 is 2.38 bits per heavy atom. The zero-order valence-corrected chi connectivity index (χ0v) is 13.7. The van der Waals surface area contributed by atoms with E-state index in [2.05, 4.69) is 24.4 Å². The highest BCUT2D eigenvalue weighted by Crippen LogP contribution is 2.05. The van der Waals surface area contributed by atoms with Gasteiger partial charge < -0.3 is 10.1 Å². The molecule has 0 fully saturated rings. The molecular weight excluding hydrogens is 268 g/mol. The summed E-state index contributed by atoms with van der Waals surface area (Å²) in [7, 11) is 1.41. The van der Waals surface area contributed by atoms with Crippen molar-refractivity contribution in [3.05, 3.63) is 12.2 Å². The molecule has 0 radical (unpaired) electrons. The highest BCUT2D eigenvalue weighted by molar-refractivity contribution is 5.90. The number of hydrogen-bond donors (Lipinski definition) is 1. The molecular formula is C16H30N2O3. The molecule has 0 aliphatic heterocycles. The Hall–Kier alpha value is -1.52. The van der Waals surface area contributed by atoms with Gasteiger partial charge in [-0.3, -0.25) is 0 Å². The van der Waals surface area contributed by atoms with Gasteiger partial charge in [0.15, 0.2) is 0 Å². The van der Waals surface area contributed by atoms with Crippen molar-refractivity contribution in [3.8, 4) is 0 Å². The minimum Gasteiger partial charge on any atom is -0.449 e. The molecule has 0 saturated heterocycles. The fourth-order valence-electron chi connectivity index (χ4n) is 1.82. The molecule has 5 heteroatoms. The average Bonchev–Trinajstić information content (AvgIpc) is 2.48. The molecule has 0 atom stereocenters. The van der Waals surface area contributed by atoms with Crippen molar-refractivity contribution in [1.82, 2.24) is 10.2 Å². The SMILES string of the molecule is CCC=CCCCCCCCNC(=O)N(C)C(=O)OCC. The molecule has 0 aliphatic carbocycles. The Morgan fingerprint density at radius 2 is 1.71 bits per heavy atom. The number of carbonyl (C=O) groups is 2. The lowest BCUT2D eigenvalue weighted by atomic mass is 10.1. The Bertz CT molecular complexity index is 317. The van der Waals surface area contributed by atoms with E-state index in [0.29, 0.717) is 6.54 Å². The molecule has 122 valence electrons. The Kier molecular flexibility index (Phi) is 12.5. The minimum absolute atomic E-state index is 0.268. The number of nitrogens with zero attached hydrogens (tertiary/aromatic N) is 1. The van der Waals surface area contributed by atoms with Crippen molar-refractivity contribution in [1.29, 1.82) is 0 Å². The second kappa shape index (κ2) is 13.5. The summed E-state index contributed by atoms with van der Waals surface area (Å²) in [5.41, 5.74) is 0. The predicted molar refractivity (Wildman–Crippen MR) is 85.3 cm³/mol. The molecule has 0 saturated carbocycles. The fourth-order valence-corrected chi connectivity index (χ4v) is 1.82. The van der Waals surface area contributed by atoms with E-state index in [1.165, 1.54) is 26.3 Å². The highest BCUT2D eigenvalue weighted by Gasteiger charge is 2.16. The standard InChI is InChI=1S/C16H30N2O3/c1-4-6-7-8-9-10-11-12-13-14-17-15(19)18(3)16(20)21-5-2/h6-7H,4-5,8-14H2,1-3H3,(H,17,19). The van der Waals surface area contributed by atoms with Crippen LogP contribution in [0.15, 0.2) is 12.2 Å². The number of ether oxygens (including phenoxy) is 1. The first-order valence-corrected chi connectivity index (χ1v) is 7.96. The van der Waals surface area contributed by atoms with E-state index in [-0.39, 0.29) is 6.61 Å². The van der Waals surface area contributed by atoms with Gasteiger partial charge in [0.25, 0.3) is 0 Å². The molecule has 0 unspecified atom stereocenters. The van der Waals surface area contributed by atoms with Gasteiger partial charge in [-0.15, -0.1) is 0 Å². The van der Waals surface area contributed by atoms with Crippen molar-refractivity contribution in [2.45, 2.75) is 58.8 Å². The average molecular weight is 298 g/mol. The largest absolute Gasteiger partial charge is 0.449 e. The monoisotopic (exact) mass is 298 g/mol. The maximum Gasteiger partial charge on any atom is 0.417 e. The number of urea groups is 1. The van der Waals surface area contributed by atoms with E-state index in [0.717, 1.165) is 30.6 Å². The summed E-state index contributed by atoms with van der Waals surface area (Å²) in [4.78, 5) is 23.9. The van der Waals surface area contributed by atoms with Crippen LogP contribution >= 0.6 is 0 Å².